The predicted molar refractivity (Wildman–Crippen MR) is 75.2 cm³/mol. The van der Waals surface area contributed by atoms with Gasteiger partial charge in [-0.2, -0.15) is 0 Å². The molecule has 0 aromatic rings. The number of esters is 1. The number of rotatable bonds is 11. The number of hydrogen-bond donors (Lipinski definition) is 0. The van der Waals surface area contributed by atoms with Crippen LogP contribution in [-0.2, 0) is 19.0 Å². The zero-order valence-corrected chi connectivity index (χ0v) is 13.0. The Balaban J connectivity index is 4.37. The average molecular weight is 275 g/mol. The maximum absolute atomic E-state index is 11.6. The molecule has 5 heteroatoms. The van der Waals surface area contributed by atoms with Crippen LogP contribution in [0.2, 0.25) is 0 Å². The molecule has 0 aliphatic rings. The Morgan fingerprint density at radius 1 is 1.05 bits per heavy atom. The van der Waals surface area contributed by atoms with E-state index in [0.717, 1.165) is 13.1 Å². The summed E-state index contributed by atoms with van der Waals surface area (Å²) in [6.07, 6.45) is 0. The van der Waals surface area contributed by atoms with E-state index in [1.807, 2.05) is 27.7 Å². The summed E-state index contributed by atoms with van der Waals surface area (Å²) in [4.78, 5) is 13.8. The summed E-state index contributed by atoms with van der Waals surface area (Å²) in [6.45, 7) is 12.2. The van der Waals surface area contributed by atoms with Gasteiger partial charge < -0.3 is 14.2 Å². The van der Waals surface area contributed by atoms with Crippen molar-refractivity contribution >= 4 is 5.97 Å². The lowest BCUT2D eigenvalue weighted by Gasteiger charge is -2.31. The molecule has 0 heterocycles. The van der Waals surface area contributed by atoms with Gasteiger partial charge in [-0.25, -0.2) is 0 Å². The molecule has 0 amide bonds. The van der Waals surface area contributed by atoms with Gasteiger partial charge in [0.15, 0.2) is 0 Å². The van der Waals surface area contributed by atoms with Crippen molar-refractivity contribution < 1.29 is 19.0 Å². The highest BCUT2D eigenvalue weighted by atomic mass is 16.5. The van der Waals surface area contributed by atoms with E-state index in [2.05, 4.69) is 4.90 Å². The second kappa shape index (κ2) is 11.2. The Labute approximate surface area is 117 Å². The molecule has 0 aromatic heterocycles. The van der Waals surface area contributed by atoms with Gasteiger partial charge >= 0.3 is 5.97 Å². The second-order valence-electron chi connectivity index (χ2n) is 4.48. The van der Waals surface area contributed by atoms with Crippen LogP contribution in [0.1, 0.15) is 27.7 Å². The molecule has 0 fully saturated rings. The highest BCUT2D eigenvalue weighted by Crippen LogP contribution is 2.12. The monoisotopic (exact) mass is 275 g/mol. The standard InChI is InChI=1S/C14H29NO4/c1-6-18-10-8-15(9-11-19-7-2)13(4)12(3)14(16)17-5/h12-13H,6-11H2,1-5H3. The molecule has 2 unspecified atom stereocenters. The quantitative estimate of drug-likeness (QED) is 0.423. The van der Waals surface area contributed by atoms with Crippen molar-refractivity contribution in [2.45, 2.75) is 33.7 Å². The van der Waals surface area contributed by atoms with Crippen molar-refractivity contribution in [3.05, 3.63) is 0 Å². The summed E-state index contributed by atoms with van der Waals surface area (Å²) in [5, 5.41) is 0. The molecule has 0 bridgehead atoms. The van der Waals surface area contributed by atoms with Crippen LogP contribution in [0.5, 0.6) is 0 Å². The van der Waals surface area contributed by atoms with E-state index in [1.54, 1.807) is 0 Å². The molecule has 0 N–H and O–H groups in total. The molecule has 0 radical (unpaired) electrons. The largest absolute Gasteiger partial charge is 0.469 e. The van der Waals surface area contributed by atoms with E-state index in [4.69, 9.17) is 14.2 Å². The van der Waals surface area contributed by atoms with Gasteiger partial charge in [0, 0.05) is 32.3 Å². The van der Waals surface area contributed by atoms with Crippen LogP contribution in [0, 0.1) is 5.92 Å². The molecule has 0 saturated heterocycles. The lowest BCUT2D eigenvalue weighted by atomic mass is 10.0. The first-order valence-corrected chi connectivity index (χ1v) is 7.05. The lowest BCUT2D eigenvalue weighted by Crippen LogP contribution is -2.44. The Hall–Kier alpha value is -0.650. The summed E-state index contributed by atoms with van der Waals surface area (Å²) in [7, 11) is 1.43. The Morgan fingerprint density at radius 2 is 1.53 bits per heavy atom. The van der Waals surface area contributed by atoms with Crippen molar-refractivity contribution in [2.75, 3.05) is 46.6 Å². The van der Waals surface area contributed by atoms with Gasteiger partial charge in [0.25, 0.3) is 0 Å². The Kier molecular flexibility index (Phi) is 10.8. The molecule has 0 aromatic carbocycles. The molecule has 2 atom stereocenters. The number of nitrogens with zero attached hydrogens (tertiary/aromatic N) is 1. The maximum Gasteiger partial charge on any atom is 0.309 e. The minimum atomic E-state index is -0.176. The minimum absolute atomic E-state index is 0.105. The first-order chi connectivity index (χ1) is 9.08. The third kappa shape index (κ3) is 7.50. The van der Waals surface area contributed by atoms with Crippen molar-refractivity contribution in [3.8, 4) is 0 Å². The molecule has 0 aliphatic carbocycles. The summed E-state index contributed by atoms with van der Waals surface area (Å²) in [5.74, 6) is -0.335. The van der Waals surface area contributed by atoms with Crippen molar-refractivity contribution in [1.82, 2.24) is 4.90 Å². The van der Waals surface area contributed by atoms with E-state index in [0.29, 0.717) is 26.4 Å². The first-order valence-electron chi connectivity index (χ1n) is 7.05. The number of methoxy groups -OCH3 is 1. The third-order valence-corrected chi connectivity index (χ3v) is 3.33. The van der Waals surface area contributed by atoms with Gasteiger partial charge in [-0.05, 0) is 20.8 Å². The topological polar surface area (TPSA) is 48.0 Å². The smallest absolute Gasteiger partial charge is 0.309 e. The fourth-order valence-electron chi connectivity index (χ4n) is 1.87. The highest BCUT2D eigenvalue weighted by Gasteiger charge is 2.25. The van der Waals surface area contributed by atoms with Crippen LogP contribution in [0.25, 0.3) is 0 Å². The zero-order chi connectivity index (χ0) is 14.7. The second-order valence-corrected chi connectivity index (χ2v) is 4.48. The average Bonchev–Trinajstić information content (AvgIpc) is 2.43. The molecular weight excluding hydrogens is 246 g/mol. The lowest BCUT2D eigenvalue weighted by molar-refractivity contribution is -0.147. The summed E-state index contributed by atoms with van der Waals surface area (Å²) in [6, 6.07) is 0.105. The minimum Gasteiger partial charge on any atom is -0.469 e. The first kappa shape index (κ1) is 18.4. The number of carbonyl (C=O) groups is 1. The number of ether oxygens (including phenoxy) is 3. The molecule has 114 valence electrons. The molecule has 5 nitrogen and oxygen atoms in total. The van der Waals surface area contributed by atoms with E-state index >= 15 is 0 Å². The Morgan fingerprint density at radius 3 is 1.89 bits per heavy atom. The van der Waals surface area contributed by atoms with E-state index in [-0.39, 0.29) is 17.9 Å². The van der Waals surface area contributed by atoms with Crippen LogP contribution >= 0.6 is 0 Å². The van der Waals surface area contributed by atoms with Gasteiger partial charge in [0.2, 0.25) is 0 Å². The van der Waals surface area contributed by atoms with E-state index in [1.165, 1.54) is 7.11 Å². The normalized spacial score (nSPS) is 14.4. The van der Waals surface area contributed by atoms with Crippen LogP contribution in [0.3, 0.4) is 0 Å². The van der Waals surface area contributed by atoms with Gasteiger partial charge in [-0.1, -0.05) is 6.92 Å². The molecule has 0 saturated carbocycles. The van der Waals surface area contributed by atoms with Crippen molar-refractivity contribution in [2.24, 2.45) is 5.92 Å². The molecule has 0 rings (SSSR count). The van der Waals surface area contributed by atoms with Gasteiger partial charge in [0.1, 0.15) is 0 Å². The highest BCUT2D eigenvalue weighted by molar-refractivity contribution is 5.72. The van der Waals surface area contributed by atoms with Crippen LogP contribution in [0.4, 0.5) is 0 Å². The van der Waals surface area contributed by atoms with E-state index in [9.17, 15) is 4.79 Å². The molecule has 19 heavy (non-hydrogen) atoms. The summed E-state index contributed by atoms with van der Waals surface area (Å²) < 4.78 is 15.6. The van der Waals surface area contributed by atoms with Crippen molar-refractivity contribution in [3.63, 3.8) is 0 Å². The molecule has 0 aliphatic heterocycles. The number of hydrogen-bond acceptors (Lipinski definition) is 5. The maximum atomic E-state index is 11.6. The third-order valence-electron chi connectivity index (χ3n) is 3.33. The fraction of sp³-hybridized carbons (Fsp3) is 0.929. The summed E-state index contributed by atoms with van der Waals surface area (Å²) in [5.41, 5.74) is 0. The van der Waals surface area contributed by atoms with Crippen LogP contribution in [-0.4, -0.2) is 63.5 Å². The van der Waals surface area contributed by atoms with Crippen molar-refractivity contribution in [1.29, 1.82) is 0 Å². The van der Waals surface area contributed by atoms with Gasteiger partial charge in [-0.3, -0.25) is 9.69 Å². The molecule has 0 spiro atoms. The SMILES string of the molecule is CCOCCN(CCOCC)C(C)C(C)C(=O)OC. The van der Waals surface area contributed by atoms with Gasteiger partial charge in [0.05, 0.1) is 26.2 Å². The number of carbonyl (C=O) groups excluding carboxylic acids is 1. The Bertz CT molecular complexity index is 225. The predicted octanol–water partition coefficient (Wildman–Crippen LogP) is 1.56. The van der Waals surface area contributed by atoms with E-state index < -0.39 is 0 Å². The summed E-state index contributed by atoms with van der Waals surface area (Å²) >= 11 is 0. The zero-order valence-electron chi connectivity index (χ0n) is 13.0. The van der Waals surface area contributed by atoms with Crippen LogP contribution < -0.4 is 0 Å². The van der Waals surface area contributed by atoms with Gasteiger partial charge in [-0.15, -0.1) is 0 Å². The molecular formula is C14H29NO4. The fourth-order valence-corrected chi connectivity index (χ4v) is 1.87. The van der Waals surface area contributed by atoms with Crippen LogP contribution in [0.15, 0.2) is 0 Å².